The highest BCUT2D eigenvalue weighted by Gasteiger charge is 2.34. The van der Waals surface area contributed by atoms with Crippen LogP contribution in [0.3, 0.4) is 0 Å². The number of carboxylic acid groups (broad SMARTS) is 2. The molecule has 2 aromatic rings. The number of ether oxygens (including phenoxy) is 1. The van der Waals surface area contributed by atoms with Crippen molar-refractivity contribution in [1.29, 1.82) is 0 Å². The minimum absolute atomic E-state index is 0.151. The van der Waals surface area contributed by atoms with Gasteiger partial charge in [-0.05, 0) is 30.5 Å². The first-order valence-corrected chi connectivity index (χ1v) is 9.50. The second-order valence-corrected chi connectivity index (χ2v) is 7.23. The first-order chi connectivity index (χ1) is 13.9. The Morgan fingerprint density at radius 2 is 1.69 bits per heavy atom. The molecule has 154 valence electrons. The largest absolute Gasteiger partial charge is 0.492 e. The normalized spacial score (nSPS) is 20.0. The van der Waals surface area contributed by atoms with Crippen LogP contribution in [0.4, 0.5) is 0 Å². The van der Waals surface area contributed by atoms with Crippen LogP contribution in [0, 0.1) is 5.92 Å². The molecule has 0 unspecified atom stereocenters. The van der Waals surface area contributed by atoms with Gasteiger partial charge in [-0.3, -0.25) is 9.69 Å². The number of aliphatic carboxylic acids is 2. The number of aromatic nitrogens is 1. The maximum absolute atomic E-state index is 12.0. The van der Waals surface area contributed by atoms with E-state index >= 15 is 0 Å². The van der Waals surface area contributed by atoms with Gasteiger partial charge < -0.3 is 19.5 Å². The van der Waals surface area contributed by atoms with Crippen LogP contribution in [0.25, 0.3) is 0 Å². The molecule has 8 nitrogen and oxygen atoms in total. The van der Waals surface area contributed by atoms with Crippen LogP contribution in [-0.2, 0) is 16.1 Å². The summed E-state index contributed by atoms with van der Waals surface area (Å²) < 4.78 is 7.81. The lowest BCUT2D eigenvalue weighted by atomic mass is 9.83. The van der Waals surface area contributed by atoms with Crippen LogP contribution in [-0.4, -0.2) is 57.9 Å². The number of fused-ring (bicyclic) bond motifs is 4. The summed E-state index contributed by atoms with van der Waals surface area (Å²) in [6.07, 6.45) is 1.21. The van der Waals surface area contributed by atoms with Crippen LogP contribution < -0.4 is 10.3 Å². The zero-order valence-electron chi connectivity index (χ0n) is 15.9. The van der Waals surface area contributed by atoms with Gasteiger partial charge >= 0.3 is 11.9 Å². The van der Waals surface area contributed by atoms with Crippen molar-refractivity contribution in [3.63, 3.8) is 0 Å². The van der Waals surface area contributed by atoms with Gasteiger partial charge in [-0.2, -0.15) is 0 Å². The maximum atomic E-state index is 12.0. The molecule has 4 rings (SSSR count). The van der Waals surface area contributed by atoms with Gasteiger partial charge in [-0.25, -0.2) is 9.59 Å². The molecule has 29 heavy (non-hydrogen) atoms. The molecule has 0 radical (unpaired) electrons. The fourth-order valence-corrected chi connectivity index (χ4v) is 3.99. The molecule has 2 aliphatic heterocycles. The predicted molar refractivity (Wildman–Crippen MR) is 105 cm³/mol. The van der Waals surface area contributed by atoms with E-state index in [0.29, 0.717) is 18.4 Å². The Hall–Kier alpha value is -3.13. The molecule has 1 saturated heterocycles. The Balaban J connectivity index is 0.000000353. The molecule has 0 spiro atoms. The molecule has 1 fully saturated rings. The number of rotatable bonds is 4. The summed E-state index contributed by atoms with van der Waals surface area (Å²) in [5, 5.41) is 14.8. The van der Waals surface area contributed by atoms with E-state index in [-0.39, 0.29) is 5.56 Å². The van der Waals surface area contributed by atoms with Gasteiger partial charge in [0.2, 0.25) is 0 Å². The van der Waals surface area contributed by atoms with E-state index in [4.69, 9.17) is 24.5 Å². The zero-order chi connectivity index (χ0) is 20.8. The highest BCUT2D eigenvalue weighted by atomic mass is 16.5. The lowest BCUT2D eigenvalue weighted by Gasteiger charge is -2.42. The van der Waals surface area contributed by atoms with Crippen molar-refractivity contribution in [2.75, 3.05) is 26.2 Å². The fraction of sp³-hybridized carbons (Fsp3) is 0.381. The van der Waals surface area contributed by atoms with Crippen LogP contribution >= 0.6 is 0 Å². The van der Waals surface area contributed by atoms with Crippen molar-refractivity contribution in [2.24, 2.45) is 5.92 Å². The summed E-state index contributed by atoms with van der Waals surface area (Å²) in [4.78, 5) is 32.7. The summed E-state index contributed by atoms with van der Waals surface area (Å²) in [5.74, 6) is -1.65. The van der Waals surface area contributed by atoms with Crippen molar-refractivity contribution in [1.82, 2.24) is 9.47 Å². The third-order valence-electron chi connectivity index (χ3n) is 5.16. The third-order valence-corrected chi connectivity index (χ3v) is 5.16. The van der Waals surface area contributed by atoms with E-state index in [1.807, 2.05) is 41.0 Å². The summed E-state index contributed by atoms with van der Waals surface area (Å²) >= 11 is 0. The number of likely N-dealkylation sites (tertiary alicyclic amines) is 1. The number of carboxylic acids is 2. The second kappa shape index (κ2) is 9.38. The van der Waals surface area contributed by atoms with Gasteiger partial charge in [-0.15, -0.1) is 0 Å². The summed E-state index contributed by atoms with van der Waals surface area (Å²) in [6.45, 7) is 4.61. The fourth-order valence-electron chi connectivity index (χ4n) is 3.99. The minimum atomic E-state index is -1.82. The Bertz CT molecular complexity index is 899. The second-order valence-electron chi connectivity index (χ2n) is 7.23. The van der Waals surface area contributed by atoms with E-state index in [1.165, 1.54) is 12.1 Å². The van der Waals surface area contributed by atoms with Gasteiger partial charge in [0.15, 0.2) is 0 Å². The summed E-state index contributed by atoms with van der Waals surface area (Å²) in [5.41, 5.74) is 1.36. The quantitative estimate of drug-likeness (QED) is 0.749. The highest BCUT2D eigenvalue weighted by Crippen LogP contribution is 2.34. The number of benzene rings is 1. The van der Waals surface area contributed by atoms with Crippen LogP contribution in [0.15, 0.2) is 53.3 Å². The first-order valence-electron chi connectivity index (χ1n) is 9.50. The maximum Gasteiger partial charge on any atom is 0.414 e. The topological polar surface area (TPSA) is 109 Å². The molecule has 0 saturated carbocycles. The monoisotopic (exact) mass is 400 g/mol. The van der Waals surface area contributed by atoms with Crippen molar-refractivity contribution in [2.45, 2.75) is 18.9 Å². The minimum Gasteiger partial charge on any atom is -0.492 e. The van der Waals surface area contributed by atoms with Crippen LogP contribution in [0.1, 0.15) is 18.0 Å². The van der Waals surface area contributed by atoms with Gasteiger partial charge in [-0.1, -0.05) is 24.3 Å². The van der Waals surface area contributed by atoms with Crippen LogP contribution in [0.5, 0.6) is 5.75 Å². The van der Waals surface area contributed by atoms with E-state index in [0.717, 1.165) is 31.9 Å². The van der Waals surface area contributed by atoms with Crippen molar-refractivity contribution >= 4 is 11.9 Å². The summed E-state index contributed by atoms with van der Waals surface area (Å²) in [6, 6.07) is 15.7. The molecule has 2 N–H and O–H groups in total. The molecular formula is C21H24N2O6. The number of nitrogens with zero attached hydrogens (tertiary/aromatic N) is 2. The Morgan fingerprint density at radius 3 is 2.38 bits per heavy atom. The molecule has 8 heteroatoms. The predicted octanol–water partition coefficient (Wildman–Crippen LogP) is 1.50. The highest BCUT2D eigenvalue weighted by molar-refractivity contribution is 6.27. The van der Waals surface area contributed by atoms with Crippen LogP contribution in [0.2, 0.25) is 0 Å². The Kier molecular flexibility index (Phi) is 6.66. The summed E-state index contributed by atoms with van der Waals surface area (Å²) in [7, 11) is 0. The molecule has 0 amide bonds. The molecular weight excluding hydrogens is 376 g/mol. The molecule has 2 aliphatic rings. The van der Waals surface area contributed by atoms with E-state index in [1.54, 1.807) is 6.07 Å². The molecule has 2 bridgehead atoms. The average Bonchev–Trinajstić information content (AvgIpc) is 2.70. The van der Waals surface area contributed by atoms with E-state index in [9.17, 15) is 4.79 Å². The Morgan fingerprint density at radius 1 is 0.966 bits per heavy atom. The molecule has 3 heterocycles. The third kappa shape index (κ3) is 5.45. The zero-order valence-corrected chi connectivity index (χ0v) is 15.9. The number of pyridine rings is 1. The standard InChI is InChI=1S/C19H22N2O2.C2H2O4/c22-19-8-4-7-18-16-11-15(13-21(18)19)12-20(14-16)9-10-23-17-5-2-1-3-6-17;3-1(4)2(5)6/h1-8,15-16H,9-14H2;(H,3,4)(H,5,6)/t15-,16+;/m1./s1. The van der Waals surface area contributed by atoms with Gasteiger partial charge in [0.05, 0.1) is 0 Å². The van der Waals surface area contributed by atoms with Gasteiger partial charge in [0, 0.05) is 43.9 Å². The van der Waals surface area contributed by atoms with Gasteiger partial charge in [0.25, 0.3) is 5.56 Å². The number of hydrogen-bond donors (Lipinski definition) is 2. The number of hydrogen-bond acceptors (Lipinski definition) is 5. The molecule has 0 aliphatic carbocycles. The van der Waals surface area contributed by atoms with Crippen molar-refractivity contribution < 1.29 is 24.5 Å². The van der Waals surface area contributed by atoms with E-state index < -0.39 is 11.9 Å². The number of para-hydroxylation sites is 1. The number of piperidine rings is 1. The number of carbonyl (C=O) groups is 2. The van der Waals surface area contributed by atoms with E-state index in [2.05, 4.69) is 11.0 Å². The lowest BCUT2D eigenvalue weighted by Crippen LogP contribution is -2.48. The SMILES string of the molecule is O=C(O)C(=O)O.O=c1cccc2n1C[C@@H]1C[C@H]2CN(CCOc2ccccc2)C1. The molecule has 2 atom stereocenters. The average molecular weight is 400 g/mol. The molecule has 1 aromatic heterocycles. The smallest absolute Gasteiger partial charge is 0.414 e. The lowest BCUT2D eigenvalue weighted by molar-refractivity contribution is -0.159. The molecule has 1 aromatic carbocycles. The van der Waals surface area contributed by atoms with Crippen molar-refractivity contribution in [3.8, 4) is 5.75 Å². The Labute approximate surface area is 168 Å². The van der Waals surface area contributed by atoms with Gasteiger partial charge in [0.1, 0.15) is 12.4 Å². The first kappa shape index (κ1) is 20.6. The van der Waals surface area contributed by atoms with Crippen molar-refractivity contribution in [3.05, 3.63) is 64.6 Å².